The lowest BCUT2D eigenvalue weighted by Crippen LogP contribution is -2.36. The lowest BCUT2D eigenvalue weighted by molar-refractivity contribution is -1.07. The van der Waals surface area contributed by atoms with Gasteiger partial charge in [0.1, 0.15) is 12.6 Å². The Morgan fingerprint density at radius 2 is 2.25 bits per heavy atom. The van der Waals surface area contributed by atoms with E-state index in [9.17, 15) is 5.21 Å². The maximum absolute atomic E-state index is 9.30. The summed E-state index contributed by atoms with van der Waals surface area (Å²) in [6.45, 7) is 2.99. The van der Waals surface area contributed by atoms with Crippen molar-refractivity contribution in [1.29, 1.82) is 0 Å². The maximum atomic E-state index is 9.30. The highest BCUT2D eigenvalue weighted by molar-refractivity contribution is 4.66. The predicted octanol–water partition coefficient (Wildman–Crippen LogP) is 0.258. The first-order valence-electron chi connectivity index (χ1n) is 4.33. The van der Waals surface area contributed by atoms with Gasteiger partial charge in [0.2, 0.25) is 0 Å². The highest BCUT2D eigenvalue weighted by Crippen LogP contribution is 2.08. The fourth-order valence-electron chi connectivity index (χ4n) is 0.933. The fourth-order valence-corrected chi connectivity index (χ4v) is 0.933. The molecule has 12 heavy (non-hydrogen) atoms. The van der Waals surface area contributed by atoms with Gasteiger partial charge in [0.25, 0.3) is 0 Å². The molecular formula is C8H18NO3+. The van der Waals surface area contributed by atoms with Gasteiger partial charge in [-0.15, -0.1) is 0 Å². The van der Waals surface area contributed by atoms with Crippen LogP contribution in [0.4, 0.5) is 0 Å². The average molecular weight is 176 g/mol. The largest absolute Gasteiger partial charge is 0.378 e. The van der Waals surface area contributed by atoms with Gasteiger partial charge in [0, 0.05) is 6.42 Å². The van der Waals surface area contributed by atoms with E-state index < -0.39 is 0 Å². The Morgan fingerprint density at radius 1 is 1.58 bits per heavy atom. The Morgan fingerprint density at radius 3 is 2.75 bits per heavy atom. The van der Waals surface area contributed by atoms with Crippen molar-refractivity contribution in [1.82, 2.24) is 0 Å². The van der Waals surface area contributed by atoms with Crippen molar-refractivity contribution in [3.63, 3.8) is 0 Å². The number of hydroxylamine groups is 3. The summed E-state index contributed by atoms with van der Waals surface area (Å²) in [5, 5.41) is 9.30. The minimum absolute atomic E-state index is 0.0172. The van der Waals surface area contributed by atoms with Crippen molar-refractivity contribution < 1.29 is 19.3 Å². The molecule has 0 spiro atoms. The van der Waals surface area contributed by atoms with Gasteiger partial charge in [-0.1, -0.05) is 0 Å². The van der Waals surface area contributed by atoms with E-state index in [0.717, 1.165) is 19.6 Å². The molecule has 1 saturated heterocycles. The smallest absolute Gasteiger partial charge is 0.110 e. The topological polar surface area (TPSA) is 42.0 Å². The van der Waals surface area contributed by atoms with Crippen LogP contribution >= 0.6 is 0 Å². The minimum Gasteiger partial charge on any atom is -0.378 e. The van der Waals surface area contributed by atoms with Crippen molar-refractivity contribution in [3.8, 4) is 0 Å². The predicted molar refractivity (Wildman–Crippen MR) is 43.9 cm³/mol. The van der Waals surface area contributed by atoms with Gasteiger partial charge in [-0.25, -0.2) is 5.21 Å². The number of ether oxygens (including phenoxy) is 2. The maximum Gasteiger partial charge on any atom is 0.110 e. The van der Waals surface area contributed by atoms with E-state index in [2.05, 4.69) is 0 Å². The molecule has 0 bridgehead atoms. The zero-order valence-corrected chi connectivity index (χ0v) is 7.82. The molecule has 1 unspecified atom stereocenters. The van der Waals surface area contributed by atoms with E-state index in [4.69, 9.17) is 9.47 Å². The third-order valence-corrected chi connectivity index (χ3v) is 1.70. The molecule has 0 saturated carbocycles. The van der Waals surface area contributed by atoms with Crippen LogP contribution in [0.3, 0.4) is 0 Å². The van der Waals surface area contributed by atoms with Crippen LogP contribution in [0.5, 0.6) is 0 Å². The fraction of sp³-hybridized carbons (Fsp3) is 1.00. The molecule has 0 aromatic carbocycles. The Kier molecular flexibility index (Phi) is 3.46. The molecule has 1 rings (SSSR count). The molecule has 0 aromatic heterocycles. The molecule has 1 aliphatic heterocycles. The molecule has 0 aromatic rings. The Labute approximate surface area is 73.2 Å². The van der Waals surface area contributed by atoms with E-state index in [1.165, 1.54) is 0 Å². The van der Waals surface area contributed by atoms with Crippen molar-refractivity contribution >= 4 is 0 Å². The second-order valence-corrected chi connectivity index (χ2v) is 3.73. The van der Waals surface area contributed by atoms with Crippen LogP contribution in [0.15, 0.2) is 0 Å². The van der Waals surface area contributed by atoms with E-state index in [1.807, 2.05) is 0 Å². The molecule has 1 fully saturated rings. The van der Waals surface area contributed by atoms with Crippen LogP contribution in [-0.2, 0) is 9.47 Å². The third kappa shape index (κ3) is 5.49. The normalized spacial score (nSPS) is 22.8. The summed E-state index contributed by atoms with van der Waals surface area (Å²) >= 11 is 0. The Bertz CT molecular complexity index is 129. The highest BCUT2D eigenvalue weighted by Gasteiger charge is 2.22. The van der Waals surface area contributed by atoms with Gasteiger partial charge in [-0.2, -0.15) is 4.65 Å². The van der Waals surface area contributed by atoms with E-state index in [0.29, 0.717) is 19.3 Å². The minimum atomic E-state index is 0.0172. The summed E-state index contributed by atoms with van der Waals surface area (Å²) in [7, 11) is 3.51. The zero-order chi connectivity index (χ0) is 9.03. The lowest BCUT2D eigenvalue weighted by Gasteiger charge is -2.18. The SMILES string of the molecule is C[N+](C)(O)CCCOCC1CO1. The van der Waals surface area contributed by atoms with Crippen molar-refractivity contribution in [3.05, 3.63) is 0 Å². The van der Waals surface area contributed by atoms with Gasteiger partial charge in [-0.05, 0) is 0 Å². The summed E-state index contributed by atoms with van der Waals surface area (Å²) in [6, 6.07) is 0. The van der Waals surface area contributed by atoms with Crippen molar-refractivity contribution in [2.24, 2.45) is 0 Å². The first-order chi connectivity index (χ1) is 5.58. The summed E-state index contributed by atoms with van der Waals surface area (Å²) in [5.74, 6) is 0. The average Bonchev–Trinajstić information content (AvgIpc) is 2.68. The molecule has 1 heterocycles. The quantitative estimate of drug-likeness (QED) is 0.273. The van der Waals surface area contributed by atoms with Crippen LogP contribution in [-0.4, -0.2) is 56.4 Å². The van der Waals surface area contributed by atoms with Gasteiger partial charge in [0.05, 0.1) is 33.9 Å². The molecule has 72 valence electrons. The number of hydrogen-bond acceptors (Lipinski definition) is 3. The molecule has 1 atom stereocenters. The third-order valence-electron chi connectivity index (χ3n) is 1.70. The standard InChI is InChI=1S/C8H18NO3/c1-9(2,10)4-3-5-11-6-8-7-12-8/h8,10H,3-7H2,1-2H3/q+1. The number of rotatable bonds is 6. The van der Waals surface area contributed by atoms with Crippen molar-refractivity contribution in [2.75, 3.05) is 40.5 Å². The van der Waals surface area contributed by atoms with E-state index >= 15 is 0 Å². The molecular weight excluding hydrogens is 158 g/mol. The van der Waals surface area contributed by atoms with Gasteiger partial charge in [-0.3, -0.25) is 0 Å². The van der Waals surface area contributed by atoms with Crippen LogP contribution in [0, 0.1) is 0 Å². The molecule has 4 nitrogen and oxygen atoms in total. The lowest BCUT2D eigenvalue weighted by atomic mass is 10.4. The zero-order valence-electron chi connectivity index (χ0n) is 7.82. The number of hydrogen-bond donors (Lipinski definition) is 1. The van der Waals surface area contributed by atoms with E-state index in [1.54, 1.807) is 14.1 Å². The van der Waals surface area contributed by atoms with E-state index in [-0.39, 0.29) is 4.65 Å². The van der Waals surface area contributed by atoms with Gasteiger partial charge in [0.15, 0.2) is 0 Å². The molecule has 0 radical (unpaired) electrons. The van der Waals surface area contributed by atoms with Gasteiger partial charge >= 0.3 is 0 Å². The molecule has 4 heteroatoms. The molecule has 0 amide bonds. The number of nitrogens with zero attached hydrogens (tertiary/aromatic N) is 1. The van der Waals surface area contributed by atoms with Crippen LogP contribution in [0.2, 0.25) is 0 Å². The molecule has 1 N–H and O–H groups in total. The summed E-state index contributed by atoms with van der Waals surface area (Å²) in [4.78, 5) is 0. The van der Waals surface area contributed by atoms with Gasteiger partial charge < -0.3 is 9.47 Å². The second-order valence-electron chi connectivity index (χ2n) is 3.73. The first kappa shape index (κ1) is 9.92. The van der Waals surface area contributed by atoms with Crippen LogP contribution in [0.25, 0.3) is 0 Å². The summed E-state index contributed by atoms with van der Waals surface area (Å²) in [6.07, 6.45) is 1.23. The molecule has 1 aliphatic rings. The van der Waals surface area contributed by atoms with Crippen LogP contribution < -0.4 is 0 Å². The highest BCUT2D eigenvalue weighted by atomic mass is 16.6. The van der Waals surface area contributed by atoms with Crippen molar-refractivity contribution in [2.45, 2.75) is 12.5 Å². The number of quaternary nitrogens is 1. The Hall–Kier alpha value is -0.160. The summed E-state index contributed by atoms with van der Waals surface area (Å²) in [5.41, 5.74) is 0. The molecule has 0 aliphatic carbocycles. The van der Waals surface area contributed by atoms with Crippen LogP contribution in [0.1, 0.15) is 6.42 Å². The second kappa shape index (κ2) is 4.18. The monoisotopic (exact) mass is 176 g/mol. The summed E-state index contributed by atoms with van der Waals surface area (Å²) < 4.78 is 10.3. The Balaban J connectivity index is 1.82. The first-order valence-corrected chi connectivity index (χ1v) is 4.33. The number of epoxide rings is 1.